The van der Waals surface area contributed by atoms with Gasteiger partial charge >= 0.3 is 12.1 Å². The molecule has 2 bridgehead atoms. The average Bonchev–Trinajstić information content (AvgIpc) is 4.13. The van der Waals surface area contributed by atoms with Gasteiger partial charge in [0.1, 0.15) is 66.7 Å². The predicted octanol–water partition coefficient (Wildman–Crippen LogP) is 13.6. The summed E-state index contributed by atoms with van der Waals surface area (Å²) in [4.78, 5) is 36.5. The summed E-state index contributed by atoms with van der Waals surface area (Å²) in [6.07, 6.45) is 1.84. The maximum Gasteiger partial charge on any atom is 0.410 e. The summed E-state index contributed by atoms with van der Waals surface area (Å²) in [7, 11) is 0.710. The van der Waals surface area contributed by atoms with E-state index in [0.717, 1.165) is 24.1 Å². The third-order valence-corrected chi connectivity index (χ3v) is 23.6. The summed E-state index contributed by atoms with van der Waals surface area (Å²) in [6, 6.07) is 20.7. The standard InChI is InChI=1S/C63H75F4N7O5Si/c1-38(2)80(39(3)4,40(5)6)28-25-49-51(65)24-17-43-29-53(71(32-41-13-20-47(76-10)21-14-41)33-42-15-22-48(77-11)23-16-42)68-58(54(43)49)55-52(66)30-50-57(56(55)67)69-60(78-37-63-26-12-27-73(63)34-44(64)31-63)70-59(50)72-35-45-18-19-46(36-72)74(45)61(75)79-62(7,8)9/h13-17,20-24,29-30,38-40,44-46H,12,18-19,26-27,31-37H2,1-11H3/t44-,45-,46+,63+/m1/s1. The summed E-state index contributed by atoms with van der Waals surface area (Å²) < 4.78 is 92.3. The minimum atomic E-state index is -2.50. The zero-order chi connectivity index (χ0) is 57.0. The van der Waals surface area contributed by atoms with E-state index in [1.165, 1.54) is 12.1 Å². The molecule has 4 aliphatic rings. The van der Waals surface area contributed by atoms with Crippen LogP contribution < -0.4 is 24.0 Å². The topological polar surface area (TPSA) is 106 Å². The molecular weight excluding hydrogens is 1040 g/mol. The molecule has 10 rings (SSSR count). The molecule has 6 aromatic rings. The maximum atomic E-state index is 18.7. The predicted molar refractivity (Wildman–Crippen MR) is 310 cm³/mol. The van der Waals surface area contributed by atoms with Gasteiger partial charge in [0.25, 0.3) is 0 Å². The normalized spacial score (nSPS) is 20.2. The van der Waals surface area contributed by atoms with Crippen molar-refractivity contribution in [1.82, 2.24) is 24.8 Å². The van der Waals surface area contributed by atoms with Crippen LogP contribution in [0.4, 0.5) is 34.0 Å². The third kappa shape index (κ3) is 10.9. The number of nitrogens with zero attached hydrogens (tertiary/aromatic N) is 7. The lowest BCUT2D eigenvalue weighted by Crippen LogP contribution is -2.57. The number of hydrogen-bond acceptors (Lipinski definition) is 11. The Hall–Kier alpha value is -6.64. The highest BCUT2D eigenvalue weighted by atomic mass is 28.3. The van der Waals surface area contributed by atoms with Crippen LogP contribution in [0.1, 0.15) is 111 Å². The zero-order valence-corrected chi connectivity index (χ0v) is 49.1. The number of fused-ring (bicyclic) bond motifs is 5. The summed E-state index contributed by atoms with van der Waals surface area (Å²) in [5.41, 5.74) is 3.93. The van der Waals surface area contributed by atoms with Crippen molar-refractivity contribution in [2.75, 3.05) is 56.8 Å². The highest BCUT2D eigenvalue weighted by molar-refractivity contribution is 6.90. The summed E-state index contributed by atoms with van der Waals surface area (Å²) >= 11 is 0. The van der Waals surface area contributed by atoms with E-state index in [4.69, 9.17) is 33.9 Å². The van der Waals surface area contributed by atoms with Crippen molar-refractivity contribution >= 4 is 47.5 Å². The van der Waals surface area contributed by atoms with Crippen LogP contribution in [-0.4, -0.2) is 115 Å². The van der Waals surface area contributed by atoms with Gasteiger partial charge in [-0.05, 0) is 129 Å². The number of carbonyl (C=O) groups is 1. The molecule has 0 unspecified atom stereocenters. The Morgan fingerprint density at radius 3 is 2.00 bits per heavy atom. The van der Waals surface area contributed by atoms with Crippen molar-refractivity contribution in [1.29, 1.82) is 0 Å². The van der Waals surface area contributed by atoms with Crippen LogP contribution in [0.5, 0.6) is 17.5 Å². The molecule has 12 nitrogen and oxygen atoms in total. The first kappa shape index (κ1) is 56.6. The number of amides is 1. The van der Waals surface area contributed by atoms with Crippen LogP contribution >= 0.6 is 0 Å². The van der Waals surface area contributed by atoms with E-state index in [1.54, 1.807) is 25.2 Å². The number of anilines is 2. The Balaban J connectivity index is 1.19. The molecular formula is C63H75F4N7O5Si. The van der Waals surface area contributed by atoms with E-state index >= 15 is 17.6 Å². The molecule has 4 aromatic carbocycles. The lowest BCUT2D eigenvalue weighted by atomic mass is 9.95. The zero-order valence-electron chi connectivity index (χ0n) is 48.1. The van der Waals surface area contributed by atoms with Gasteiger partial charge in [-0.1, -0.05) is 77.8 Å². The third-order valence-electron chi connectivity index (χ3n) is 17.3. The van der Waals surface area contributed by atoms with Crippen molar-refractivity contribution in [3.05, 3.63) is 107 Å². The van der Waals surface area contributed by atoms with E-state index in [9.17, 15) is 4.79 Å². The number of halogens is 4. The fraction of sp³-hybridized carbons (Fsp3) is 0.492. The lowest BCUT2D eigenvalue weighted by Gasteiger charge is -2.42. The van der Waals surface area contributed by atoms with Gasteiger partial charge in [-0.2, -0.15) is 9.97 Å². The van der Waals surface area contributed by atoms with Crippen molar-refractivity contribution in [2.45, 2.75) is 154 Å². The molecule has 0 radical (unpaired) electrons. The van der Waals surface area contributed by atoms with E-state index in [-0.39, 0.29) is 81.1 Å². The van der Waals surface area contributed by atoms with Gasteiger partial charge in [-0.15, -0.1) is 5.54 Å². The number of alkyl halides is 1. The number of benzene rings is 4. The van der Waals surface area contributed by atoms with Crippen LogP contribution in [0.3, 0.4) is 0 Å². The van der Waals surface area contributed by atoms with Gasteiger partial charge in [-0.25, -0.2) is 27.3 Å². The fourth-order valence-electron chi connectivity index (χ4n) is 13.5. The number of hydrogen-bond donors (Lipinski definition) is 0. The van der Waals surface area contributed by atoms with Gasteiger partial charge in [-0.3, -0.25) is 9.80 Å². The molecule has 4 saturated heterocycles. The number of carbonyl (C=O) groups excluding carboxylic acids is 1. The molecule has 0 aliphatic carbocycles. The van der Waals surface area contributed by atoms with Crippen molar-refractivity contribution in [3.63, 3.8) is 0 Å². The second-order valence-corrected chi connectivity index (χ2v) is 29.9. The molecule has 6 heterocycles. The van der Waals surface area contributed by atoms with Crippen LogP contribution in [0, 0.1) is 28.9 Å². The SMILES string of the molecule is COc1ccc(CN(Cc2ccc(OC)cc2)c2cc3ccc(F)c(C#C[Si](C(C)C)(C(C)C)C(C)C)c3c(-c3c(F)cc4c(N5C[C@H]6CC[C@@H](C5)N6C(=O)OC(C)(C)C)nc(OC[C@@]56CCCN5C[C@H](F)C6)nc4c3F)n2)cc1. The van der Waals surface area contributed by atoms with Crippen molar-refractivity contribution in [2.24, 2.45) is 0 Å². The second-order valence-electron chi connectivity index (χ2n) is 24.4. The number of piperazine rings is 1. The molecule has 0 N–H and O–H groups in total. The summed E-state index contributed by atoms with van der Waals surface area (Å²) in [5.74, 6) is 2.65. The average molecular weight is 1110 g/mol. The molecule has 4 atom stereocenters. The van der Waals surface area contributed by atoms with Gasteiger partial charge in [0.05, 0.1) is 48.7 Å². The molecule has 4 fully saturated rings. The molecule has 0 spiro atoms. The van der Waals surface area contributed by atoms with Gasteiger partial charge < -0.3 is 28.7 Å². The first-order chi connectivity index (χ1) is 38.1. The van der Waals surface area contributed by atoms with Crippen molar-refractivity contribution < 1.29 is 41.3 Å². The van der Waals surface area contributed by atoms with Crippen molar-refractivity contribution in [3.8, 4) is 40.2 Å². The Bertz CT molecular complexity index is 3260. The maximum absolute atomic E-state index is 18.7. The minimum absolute atomic E-state index is 0.0000299. The first-order valence-electron chi connectivity index (χ1n) is 28.3. The van der Waals surface area contributed by atoms with E-state index < -0.39 is 54.5 Å². The minimum Gasteiger partial charge on any atom is -0.497 e. The molecule has 424 valence electrons. The van der Waals surface area contributed by atoms with E-state index in [1.807, 2.05) is 85.2 Å². The fourth-order valence-corrected chi connectivity index (χ4v) is 18.7. The first-order valence-corrected chi connectivity index (χ1v) is 30.5. The number of pyridine rings is 1. The quantitative estimate of drug-likeness (QED) is 0.0557. The van der Waals surface area contributed by atoms with Gasteiger partial charge in [0.15, 0.2) is 5.82 Å². The molecule has 17 heteroatoms. The largest absolute Gasteiger partial charge is 0.497 e. The summed E-state index contributed by atoms with van der Waals surface area (Å²) in [6.45, 7) is 20.9. The monoisotopic (exact) mass is 1110 g/mol. The highest BCUT2D eigenvalue weighted by Crippen LogP contribution is 2.45. The van der Waals surface area contributed by atoms with Crippen LogP contribution in [0.15, 0.2) is 72.8 Å². The molecule has 80 heavy (non-hydrogen) atoms. The van der Waals surface area contributed by atoms with E-state index in [0.29, 0.717) is 74.7 Å². The smallest absolute Gasteiger partial charge is 0.410 e. The van der Waals surface area contributed by atoms with Crippen LogP contribution in [0.2, 0.25) is 16.6 Å². The number of aromatic nitrogens is 3. The Morgan fingerprint density at radius 1 is 0.812 bits per heavy atom. The Morgan fingerprint density at radius 2 is 1.43 bits per heavy atom. The molecule has 1 amide bonds. The number of ether oxygens (including phenoxy) is 4. The number of methoxy groups -OCH3 is 2. The lowest BCUT2D eigenvalue weighted by molar-refractivity contribution is 0.0122. The van der Waals surface area contributed by atoms with Crippen LogP contribution in [0.25, 0.3) is 32.9 Å². The molecule has 4 aliphatic heterocycles. The molecule has 0 saturated carbocycles. The second kappa shape index (κ2) is 22.4. The van der Waals surface area contributed by atoms with Crippen LogP contribution in [-0.2, 0) is 17.8 Å². The Kier molecular flexibility index (Phi) is 15.8. The van der Waals surface area contributed by atoms with Gasteiger partial charge in [0.2, 0.25) is 0 Å². The van der Waals surface area contributed by atoms with E-state index in [2.05, 4.69) is 57.9 Å². The number of rotatable bonds is 15. The van der Waals surface area contributed by atoms with Gasteiger partial charge in [0, 0.05) is 49.9 Å². The molecule has 2 aromatic heterocycles. The highest BCUT2D eigenvalue weighted by Gasteiger charge is 2.50. The summed E-state index contributed by atoms with van der Waals surface area (Å²) in [5, 5.41) is 0.721. The Labute approximate surface area is 469 Å².